The van der Waals surface area contributed by atoms with Gasteiger partial charge in [-0.3, -0.25) is 0 Å². The second-order valence-corrected chi connectivity index (χ2v) is 5.29. The Bertz CT molecular complexity index is 353. The van der Waals surface area contributed by atoms with E-state index in [0.717, 1.165) is 25.1 Å². The first-order valence-corrected chi connectivity index (χ1v) is 7.16. The normalized spacial score (nSPS) is 12.9. The summed E-state index contributed by atoms with van der Waals surface area (Å²) < 4.78 is 0. The third kappa shape index (κ3) is 5.72. The molecule has 19 heavy (non-hydrogen) atoms. The minimum Gasteiger partial charge on any atom is -0.395 e. The SMILES string of the molecule is CCCN(CCO)CCC(O)c1cc(C)cc(C)c1. The quantitative estimate of drug-likeness (QED) is 0.758. The van der Waals surface area contributed by atoms with E-state index in [9.17, 15) is 5.11 Å². The van der Waals surface area contributed by atoms with Crippen molar-refractivity contribution in [3.8, 4) is 0 Å². The molecule has 0 aliphatic rings. The van der Waals surface area contributed by atoms with Crippen molar-refractivity contribution in [1.82, 2.24) is 4.90 Å². The van der Waals surface area contributed by atoms with E-state index in [-0.39, 0.29) is 6.61 Å². The summed E-state index contributed by atoms with van der Waals surface area (Å²) in [5.74, 6) is 0. The van der Waals surface area contributed by atoms with Gasteiger partial charge in [-0.2, -0.15) is 0 Å². The van der Waals surface area contributed by atoms with E-state index in [1.807, 2.05) is 12.1 Å². The van der Waals surface area contributed by atoms with E-state index in [1.165, 1.54) is 11.1 Å². The van der Waals surface area contributed by atoms with Crippen LogP contribution in [0.4, 0.5) is 0 Å². The fraction of sp³-hybridized carbons (Fsp3) is 0.625. The van der Waals surface area contributed by atoms with E-state index in [2.05, 4.69) is 31.7 Å². The van der Waals surface area contributed by atoms with Crippen LogP contribution >= 0.6 is 0 Å². The van der Waals surface area contributed by atoms with Crippen molar-refractivity contribution in [2.75, 3.05) is 26.2 Å². The predicted octanol–water partition coefficient (Wildman–Crippen LogP) is 2.43. The lowest BCUT2D eigenvalue weighted by molar-refractivity contribution is 0.131. The van der Waals surface area contributed by atoms with Gasteiger partial charge >= 0.3 is 0 Å². The summed E-state index contributed by atoms with van der Waals surface area (Å²) in [5.41, 5.74) is 3.38. The molecule has 0 saturated heterocycles. The number of nitrogens with zero attached hydrogens (tertiary/aromatic N) is 1. The smallest absolute Gasteiger partial charge is 0.0802 e. The van der Waals surface area contributed by atoms with Crippen LogP contribution in [-0.2, 0) is 0 Å². The zero-order chi connectivity index (χ0) is 14.3. The lowest BCUT2D eigenvalue weighted by Gasteiger charge is -2.22. The van der Waals surface area contributed by atoms with E-state index in [1.54, 1.807) is 0 Å². The van der Waals surface area contributed by atoms with E-state index < -0.39 is 6.10 Å². The number of aryl methyl sites for hydroxylation is 2. The van der Waals surface area contributed by atoms with Gasteiger partial charge in [-0.05, 0) is 38.8 Å². The summed E-state index contributed by atoms with van der Waals surface area (Å²) in [7, 11) is 0. The van der Waals surface area contributed by atoms with Crippen LogP contribution in [0, 0.1) is 13.8 Å². The van der Waals surface area contributed by atoms with Crippen LogP contribution in [-0.4, -0.2) is 41.4 Å². The van der Waals surface area contributed by atoms with E-state index in [0.29, 0.717) is 13.0 Å². The highest BCUT2D eigenvalue weighted by atomic mass is 16.3. The minimum absolute atomic E-state index is 0.180. The Kier molecular flexibility index (Phi) is 7.06. The van der Waals surface area contributed by atoms with Gasteiger partial charge in [0.2, 0.25) is 0 Å². The van der Waals surface area contributed by atoms with Gasteiger partial charge in [0.15, 0.2) is 0 Å². The molecule has 0 radical (unpaired) electrons. The van der Waals surface area contributed by atoms with Crippen molar-refractivity contribution in [2.24, 2.45) is 0 Å². The number of hydrogen-bond acceptors (Lipinski definition) is 3. The van der Waals surface area contributed by atoms with Crippen LogP contribution in [0.5, 0.6) is 0 Å². The summed E-state index contributed by atoms with van der Waals surface area (Å²) in [6.07, 6.45) is 1.36. The molecule has 2 N–H and O–H groups in total. The molecule has 0 spiro atoms. The molecule has 1 atom stereocenters. The topological polar surface area (TPSA) is 43.7 Å². The molecule has 1 rings (SSSR count). The summed E-state index contributed by atoms with van der Waals surface area (Å²) in [6.45, 7) is 8.90. The molecule has 0 aliphatic carbocycles. The monoisotopic (exact) mass is 265 g/mol. The van der Waals surface area contributed by atoms with Crippen molar-refractivity contribution in [1.29, 1.82) is 0 Å². The van der Waals surface area contributed by atoms with Crippen molar-refractivity contribution < 1.29 is 10.2 Å². The molecule has 0 fully saturated rings. The molecule has 0 heterocycles. The Morgan fingerprint density at radius 2 is 1.68 bits per heavy atom. The van der Waals surface area contributed by atoms with E-state index >= 15 is 0 Å². The molecular weight excluding hydrogens is 238 g/mol. The summed E-state index contributed by atoms with van der Waals surface area (Å²) in [4.78, 5) is 2.20. The standard InChI is InChI=1S/C16H27NO2/c1-4-6-17(8-9-18)7-5-16(19)15-11-13(2)10-14(3)12-15/h10-12,16,18-19H,4-9H2,1-3H3. The molecular formula is C16H27NO2. The third-order valence-corrected chi connectivity index (χ3v) is 3.30. The molecule has 0 aliphatic heterocycles. The fourth-order valence-electron chi connectivity index (χ4n) is 2.47. The summed E-state index contributed by atoms with van der Waals surface area (Å²) in [5, 5.41) is 19.3. The molecule has 0 amide bonds. The van der Waals surface area contributed by atoms with Crippen molar-refractivity contribution in [3.63, 3.8) is 0 Å². The zero-order valence-corrected chi connectivity index (χ0v) is 12.4. The van der Waals surface area contributed by atoms with Crippen LogP contribution in [0.15, 0.2) is 18.2 Å². The van der Waals surface area contributed by atoms with Gasteiger partial charge in [0.05, 0.1) is 12.7 Å². The first-order chi connectivity index (χ1) is 9.06. The lowest BCUT2D eigenvalue weighted by atomic mass is 10.0. The molecule has 3 nitrogen and oxygen atoms in total. The van der Waals surface area contributed by atoms with Gasteiger partial charge in [-0.1, -0.05) is 36.2 Å². The Morgan fingerprint density at radius 3 is 2.21 bits per heavy atom. The first-order valence-electron chi connectivity index (χ1n) is 7.16. The van der Waals surface area contributed by atoms with Gasteiger partial charge < -0.3 is 15.1 Å². The maximum absolute atomic E-state index is 10.3. The van der Waals surface area contributed by atoms with Crippen molar-refractivity contribution >= 4 is 0 Å². The zero-order valence-electron chi connectivity index (χ0n) is 12.4. The van der Waals surface area contributed by atoms with Crippen LogP contribution in [0.3, 0.4) is 0 Å². The maximum atomic E-state index is 10.3. The Balaban J connectivity index is 2.55. The Morgan fingerprint density at radius 1 is 1.05 bits per heavy atom. The molecule has 0 bridgehead atoms. The average Bonchev–Trinajstić information content (AvgIpc) is 2.35. The van der Waals surface area contributed by atoms with Crippen LogP contribution in [0.2, 0.25) is 0 Å². The first kappa shape index (κ1) is 16.2. The number of aliphatic hydroxyl groups excluding tert-OH is 2. The van der Waals surface area contributed by atoms with Gasteiger partial charge in [0.1, 0.15) is 0 Å². The predicted molar refractivity (Wildman–Crippen MR) is 79.3 cm³/mol. The molecule has 108 valence electrons. The Labute approximate surface area is 116 Å². The minimum atomic E-state index is -0.420. The molecule has 3 heteroatoms. The van der Waals surface area contributed by atoms with Gasteiger partial charge in [-0.15, -0.1) is 0 Å². The van der Waals surface area contributed by atoms with E-state index in [4.69, 9.17) is 5.11 Å². The number of aliphatic hydroxyl groups is 2. The number of hydrogen-bond donors (Lipinski definition) is 2. The highest BCUT2D eigenvalue weighted by Crippen LogP contribution is 2.20. The molecule has 0 aromatic heterocycles. The molecule has 1 unspecified atom stereocenters. The highest BCUT2D eigenvalue weighted by Gasteiger charge is 2.11. The summed E-state index contributed by atoms with van der Waals surface area (Å²) >= 11 is 0. The average molecular weight is 265 g/mol. The molecule has 1 aromatic rings. The van der Waals surface area contributed by atoms with Crippen LogP contribution in [0.25, 0.3) is 0 Å². The molecule has 1 aromatic carbocycles. The largest absolute Gasteiger partial charge is 0.395 e. The molecule has 0 saturated carbocycles. The van der Waals surface area contributed by atoms with Crippen LogP contribution in [0.1, 0.15) is 42.6 Å². The maximum Gasteiger partial charge on any atom is 0.0802 e. The third-order valence-electron chi connectivity index (χ3n) is 3.30. The summed E-state index contributed by atoms with van der Waals surface area (Å²) in [6, 6.07) is 6.22. The van der Waals surface area contributed by atoms with Gasteiger partial charge in [0, 0.05) is 13.1 Å². The van der Waals surface area contributed by atoms with Gasteiger partial charge in [0.25, 0.3) is 0 Å². The fourth-order valence-corrected chi connectivity index (χ4v) is 2.47. The second-order valence-electron chi connectivity index (χ2n) is 5.29. The van der Waals surface area contributed by atoms with Crippen molar-refractivity contribution in [2.45, 2.75) is 39.7 Å². The number of benzene rings is 1. The van der Waals surface area contributed by atoms with Gasteiger partial charge in [-0.25, -0.2) is 0 Å². The lowest BCUT2D eigenvalue weighted by Crippen LogP contribution is -2.29. The highest BCUT2D eigenvalue weighted by molar-refractivity contribution is 5.29. The number of rotatable bonds is 8. The Hall–Kier alpha value is -0.900. The van der Waals surface area contributed by atoms with Crippen molar-refractivity contribution in [3.05, 3.63) is 34.9 Å². The van der Waals surface area contributed by atoms with Crippen LogP contribution < -0.4 is 0 Å². The second kappa shape index (κ2) is 8.31.